The van der Waals surface area contributed by atoms with Crippen LogP contribution in [0.2, 0.25) is 0 Å². The van der Waals surface area contributed by atoms with Gasteiger partial charge in [-0.3, -0.25) is 0 Å². The summed E-state index contributed by atoms with van der Waals surface area (Å²) in [5.74, 6) is 1.64. The highest BCUT2D eigenvalue weighted by Gasteiger charge is 2.25. The highest BCUT2D eigenvalue weighted by Crippen LogP contribution is 2.49. The molecule has 0 amide bonds. The topological polar surface area (TPSA) is 48.8 Å². The van der Waals surface area contributed by atoms with Crippen molar-refractivity contribution in [2.24, 2.45) is 9.98 Å². The van der Waals surface area contributed by atoms with Gasteiger partial charge < -0.3 is 10.6 Å². The number of anilines is 1. The summed E-state index contributed by atoms with van der Waals surface area (Å²) in [7, 11) is 0. The van der Waals surface area contributed by atoms with Gasteiger partial charge in [0.2, 0.25) is 0 Å². The van der Waals surface area contributed by atoms with E-state index in [0.29, 0.717) is 0 Å². The summed E-state index contributed by atoms with van der Waals surface area (Å²) in [6.07, 6.45) is -0.316. The van der Waals surface area contributed by atoms with Crippen molar-refractivity contribution in [3.8, 4) is 11.1 Å². The number of hydrogen-bond acceptors (Lipinski definition) is 5. The van der Waals surface area contributed by atoms with E-state index in [0.717, 1.165) is 33.9 Å². The Balaban J connectivity index is 1.13. The third kappa shape index (κ3) is 4.98. The molecule has 0 spiro atoms. The first kappa shape index (κ1) is 25.6. The third-order valence-corrected chi connectivity index (χ3v) is 9.18. The number of rotatable bonds is 5. The van der Waals surface area contributed by atoms with Gasteiger partial charge in [-0.05, 0) is 45.8 Å². The van der Waals surface area contributed by atoms with Crippen LogP contribution in [0.3, 0.4) is 0 Å². The number of amidine groups is 2. The maximum Gasteiger partial charge on any atom is 0.169 e. The van der Waals surface area contributed by atoms with Gasteiger partial charge >= 0.3 is 0 Å². The summed E-state index contributed by atoms with van der Waals surface area (Å²) in [6, 6.07) is 51.0. The van der Waals surface area contributed by atoms with E-state index < -0.39 is 0 Å². The van der Waals surface area contributed by atoms with Crippen LogP contribution in [0.25, 0.3) is 21.9 Å². The summed E-state index contributed by atoms with van der Waals surface area (Å²) >= 11 is 1.88. The van der Waals surface area contributed by atoms with Crippen molar-refractivity contribution in [1.29, 1.82) is 0 Å². The van der Waals surface area contributed by atoms with E-state index in [1.807, 2.05) is 48.2 Å². The molecule has 2 aliphatic rings. The van der Waals surface area contributed by atoms with Gasteiger partial charge in [-0.25, -0.2) is 9.98 Å². The lowest BCUT2D eigenvalue weighted by molar-refractivity contribution is 0.756. The molecule has 206 valence electrons. The van der Waals surface area contributed by atoms with E-state index in [2.05, 4.69) is 120 Å². The van der Waals surface area contributed by atoms with E-state index in [-0.39, 0.29) is 11.5 Å². The van der Waals surface area contributed by atoms with Gasteiger partial charge in [0.25, 0.3) is 0 Å². The van der Waals surface area contributed by atoms with Gasteiger partial charge in [0, 0.05) is 21.4 Å². The average molecular weight is 573 g/mol. The molecule has 0 saturated heterocycles. The Kier molecular flexibility index (Phi) is 6.50. The second-order valence-electron chi connectivity index (χ2n) is 10.7. The number of fused-ring (bicyclic) bond motifs is 3. The number of thioether (sulfide) groups is 1. The molecule has 6 aromatic rings. The van der Waals surface area contributed by atoms with Crippen molar-refractivity contribution in [1.82, 2.24) is 5.32 Å². The third-order valence-electron chi connectivity index (χ3n) is 7.96. The largest absolute Gasteiger partial charge is 0.368 e. The standard InChI is InChI=1S/C38H28N4S/c1-4-11-25(12-5-1)35-40-36(26-13-6-2-7-14-26)42-37(41-35)31-18-10-17-28(24-31)29-19-21-32-30(23-29)20-22-33-34(32)39-38(43-33)27-15-8-3-9-16-27/h1-24,35,38-39H,(H,40,41,42). The lowest BCUT2D eigenvalue weighted by Crippen LogP contribution is -2.36. The van der Waals surface area contributed by atoms with Crippen molar-refractivity contribution >= 4 is 39.9 Å². The monoisotopic (exact) mass is 572 g/mol. The summed E-state index contributed by atoms with van der Waals surface area (Å²) in [5, 5.41) is 9.99. The van der Waals surface area contributed by atoms with Gasteiger partial charge in [-0.1, -0.05) is 139 Å². The van der Waals surface area contributed by atoms with E-state index in [1.165, 1.54) is 32.5 Å². The number of nitrogens with zero attached hydrogens (tertiary/aromatic N) is 2. The number of hydrogen-bond donors (Lipinski definition) is 2. The Hall–Kier alpha value is -5.13. The van der Waals surface area contributed by atoms with Crippen molar-refractivity contribution in [3.63, 3.8) is 0 Å². The lowest BCUT2D eigenvalue weighted by atomic mass is 9.98. The predicted octanol–water partition coefficient (Wildman–Crippen LogP) is 9.22. The molecule has 2 unspecified atom stereocenters. The molecule has 2 aliphatic heterocycles. The Morgan fingerprint density at radius 2 is 1.14 bits per heavy atom. The Bertz CT molecular complexity index is 2000. The smallest absolute Gasteiger partial charge is 0.169 e. The van der Waals surface area contributed by atoms with Crippen LogP contribution in [0.5, 0.6) is 0 Å². The SMILES string of the molecule is c1ccc(C2=NC(c3ccccc3)N=C(c3cccc(-c4ccc5c6c(ccc5c4)SC(c4ccccc4)N6)c3)N2)cc1. The molecular formula is C38H28N4S. The molecule has 2 atom stereocenters. The normalized spacial score (nSPS) is 17.4. The molecule has 0 fully saturated rings. The minimum absolute atomic E-state index is 0.228. The van der Waals surface area contributed by atoms with E-state index in [9.17, 15) is 0 Å². The summed E-state index contributed by atoms with van der Waals surface area (Å²) < 4.78 is 0. The summed E-state index contributed by atoms with van der Waals surface area (Å²) in [5.41, 5.74) is 7.96. The molecule has 4 nitrogen and oxygen atoms in total. The highest BCUT2D eigenvalue weighted by atomic mass is 32.2. The van der Waals surface area contributed by atoms with Crippen molar-refractivity contribution in [3.05, 3.63) is 168 Å². The van der Waals surface area contributed by atoms with Crippen LogP contribution >= 0.6 is 11.8 Å². The fraction of sp³-hybridized carbons (Fsp3) is 0.0526. The molecule has 5 heteroatoms. The first-order valence-corrected chi connectivity index (χ1v) is 15.4. The molecule has 0 radical (unpaired) electrons. The number of nitrogens with one attached hydrogen (secondary N) is 2. The molecule has 2 N–H and O–H groups in total. The molecule has 43 heavy (non-hydrogen) atoms. The van der Waals surface area contributed by atoms with Crippen LogP contribution < -0.4 is 10.6 Å². The fourth-order valence-electron chi connectivity index (χ4n) is 5.76. The fourth-order valence-corrected chi connectivity index (χ4v) is 6.92. The van der Waals surface area contributed by atoms with Crippen LogP contribution in [-0.4, -0.2) is 11.7 Å². The number of aliphatic imine (C=N–C) groups is 2. The Morgan fingerprint density at radius 3 is 1.91 bits per heavy atom. The molecule has 6 aromatic carbocycles. The molecule has 8 rings (SSSR count). The van der Waals surface area contributed by atoms with Gasteiger partial charge in [0.1, 0.15) is 17.0 Å². The maximum atomic E-state index is 5.06. The molecule has 2 heterocycles. The van der Waals surface area contributed by atoms with Crippen LogP contribution in [-0.2, 0) is 0 Å². The average Bonchev–Trinajstić information content (AvgIpc) is 3.54. The number of benzene rings is 6. The van der Waals surface area contributed by atoms with Gasteiger partial charge in [-0.2, -0.15) is 0 Å². The van der Waals surface area contributed by atoms with Crippen molar-refractivity contribution in [2.45, 2.75) is 16.4 Å². The summed E-state index contributed by atoms with van der Waals surface area (Å²) in [6.45, 7) is 0. The predicted molar refractivity (Wildman–Crippen MR) is 180 cm³/mol. The van der Waals surface area contributed by atoms with Crippen LogP contribution in [0.4, 0.5) is 5.69 Å². The molecule has 0 aromatic heterocycles. The molecule has 0 aliphatic carbocycles. The van der Waals surface area contributed by atoms with E-state index in [4.69, 9.17) is 9.98 Å². The van der Waals surface area contributed by atoms with Crippen LogP contribution in [0, 0.1) is 0 Å². The molecule has 0 bridgehead atoms. The van der Waals surface area contributed by atoms with Gasteiger partial charge in [-0.15, -0.1) is 0 Å². The Morgan fingerprint density at radius 1 is 0.512 bits per heavy atom. The maximum absolute atomic E-state index is 5.06. The quantitative estimate of drug-likeness (QED) is 0.216. The minimum atomic E-state index is -0.316. The van der Waals surface area contributed by atoms with Crippen molar-refractivity contribution < 1.29 is 0 Å². The van der Waals surface area contributed by atoms with Crippen LogP contribution in [0.15, 0.2) is 160 Å². The lowest BCUT2D eigenvalue weighted by Gasteiger charge is -2.22. The Labute approximate surface area is 255 Å². The highest BCUT2D eigenvalue weighted by molar-refractivity contribution is 8.00. The minimum Gasteiger partial charge on any atom is -0.368 e. The second-order valence-corrected chi connectivity index (χ2v) is 11.9. The summed E-state index contributed by atoms with van der Waals surface area (Å²) in [4.78, 5) is 11.3. The zero-order valence-electron chi connectivity index (χ0n) is 23.3. The molecule has 0 saturated carbocycles. The zero-order valence-corrected chi connectivity index (χ0v) is 24.1. The molecular weight excluding hydrogens is 545 g/mol. The first-order valence-electron chi connectivity index (χ1n) is 14.5. The first-order chi connectivity index (χ1) is 21.3. The van der Waals surface area contributed by atoms with Crippen molar-refractivity contribution in [2.75, 3.05) is 5.32 Å². The second kappa shape index (κ2) is 10.9. The zero-order chi connectivity index (χ0) is 28.6. The van der Waals surface area contributed by atoms with E-state index >= 15 is 0 Å². The van der Waals surface area contributed by atoms with Crippen LogP contribution in [0.1, 0.15) is 33.8 Å². The van der Waals surface area contributed by atoms with E-state index in [1.54, 1.807) is 0 Å². The van der Waals surface area contributed by atoms with Gasteiger partial charge in [0.15, 0.2) is 6.17 Å². The van der Waals surface area contributed by atoms with Gasteiger partial charge in [0.05, 0.1) is 5.69 Å².